The zero-order valence-electron chi connectivity index (χ0n) is 14.5. The van der Waals surface area contributed by atoms with Gasteiger partial charge in [-0.05, 0) is 38.8 Å². The first-order valence-corrected chi connectivity index (χ1v) is 8.27. The van der Waals surface area contributed by atoms with E-state index in [1.54, 1.807) is 18.2 Å². The lowest BCUT2D eigenvalue weighted by atomic mass is 10.0. The number of nitrogens with zero attached hydrogens (tertiary/aromatic N) is 1. The number of fused-ring (bicyclic) bond motifs is 1. The molecule has 1 unspecified atom stereocenters. The number of amides is 4. The number of benzene rings is 1. The highest BCUT2D eigenvalue weighted by atomic mass is 16.2. The molecule has 0 aliphatic carbocycles. The molecule has 25 heavy (non-hydrogen) atoms. The third kappa shape index (κ3) is 3.19. The fourth-order valence-corrected chi connectivity index (χ4v) is 3.09. The monoisotopic (exact) mass is 343 g/mol. The van der Waals surface area contributed by atoms with Gasteiger partial charge in [0, 0.05) is 18.5 Å². The first-order chi connectivity index (χ1) is 11.7. The molecule has 2 heterocycles. The highest BCUT2D eigenvalue weighted by molar-refractivity contribution is 6.24. The topological polar surface area (TPSA) is 95.6 Å². The van der Waals surface area contributed by atoms with Crippen LogP contribution in [-0.2, 0) is 16.1 Å². The molecule has 3 rings (SSSR count). The van der Waals surface area contributed by atoms with Crippen molar-refractivity contribution in [1.29, 1.82) is 0 Å². The molecule has 2 N–H and O–H groups in total. The lowest BCUT2D eigenvalue weighted by Gasteiger charge is -2.28. The van der Waals surface area contributed by atoms with E-state index >= 15 is 0 Å². The van der Waals surface area contributed by atoms with E-state index in [2.05, 4.69) is 10.6 Å². The van der Waals surface area contributed by atoms with Gasteiger partial charge in [-0.2, -0.15) is 0 Å². The lowest BCUT2D eigenvalue weighted by molar-refractivity contribution is -0.136. The Morgan fingerprint density at radius 1 is 1.16 bits per heavy atom. The fraction of sp³-hybridized carbons (Fsp3) is 0.444. The lowest BCUT2D eigenvalue weighted by Crippen LogP contribution is -2.54. The van der Waals surface area contributed by atoms with E-state index in [1.165, 1.54) is 0 Å². The number of piperidine rings is 1. The zero-order valence-corrected chi connectivity index (χ0v) is 14.5. The van der Waals surface area contributed by atoms with Crippen LogP contribution in [-0.4, -0.2) is 40.1 Å². The summed E-state index contributed by atoms with van der Waals surface area (Å²) in [6, 6.07) is 4.20. The normalized spacial score (nSPS) is 20.8. The summed E-state index contributed by atoms with van der Waals surface area (Å²) in [5.41, 5.74) is 1.23. The van der Waals surface area contributed by atoms with Crippen molar-refractivity contribution in [3.05, 3.63) is 34.9 Å². The summed E-state index contributed by atoms with van der Waals surface area (Å²) in [6.45, 7) is 6.48. The van der Waals surface area contributed by atoms with Gasteiger partial charge in [0.05, 0.1) is 11.1 Å². The zero-order chi connectivity index (χ0) is 18.4. The smallest absolute Gasteiger partial charge is 0.262 e. The van der Waals surface area contributed by atoms with Crippen molar-refractivity contribution in [1.82, 2.24) is 15.5 Å². The van der Waals surface area contributed by atoms with Gasteiger partial charge in [0.15, 0.2) is 0 Å². The number of imide groups is 2. The molecular formula is C18H21N3O4. The predicted octanol–water partition coefficient (Wildman–Crippen LogP) is 0.976. The van der Waals surface area contributed by atoms with Crippen molar-refractivity contribution in [2.24, 2.45) is 0 Å². The number of rotatable bonds is 3. The molecule has 2 aliphatic heterocycles. The first kappa shape index (κ1) is 17.3. The van der Waals surface area contributed by atoms with Crippen molar-refractivity contribution in [3.8, 4) is 0 Å². The summed E-state index contributed by atoms with van der Waals surface area (Å²) in [5.74, 6) is -1.93. The molecule has 132 valence electrons. The van der Waals surface area contributed by atoms with E-state index in [-0.39, 0.29) is 24.3 Å². The van der Waals surface area contributed by atoms with E-state index < -0.39 is 23.8 Å². The van der Waals surface area contributed by atoms with E-state index in [1.807, 2.05) is 20.8 Å². The number of hydrogen-bond acceptors (Lipinski definition) is 5. The SMILES string of the molecule is CC(C)(C)NCc1cccc2c1C(=O)N(C1CCC(=O)NC1=O)C2=O. The predicted molar refractivity (Wildman–Crippen MR) is 89.7 cm³/mol. The van der Waals surface area contributed by atoms with Gasteiger partial charge in [-0.25, -0.2) is 0 Å². The Morgan fingerprint density at radius 2 is 1.88 bits per heavy atom. The molecule has 1 aromatic carbocycles. The molecule has 1 saturated heterocycles. The van der Waals surface area contributed by atoms with Gasteiger partial charge in [-0.1, -0.05) is 12.1 Å². The average Bonchev–Trinajstić information content (AvgIpc) is 2.77. The van der Waals surface area contributed by atoms with Crippen molar-refractivity contribution < 1.29 is 19.2 Å². The van der Waals surface area contributed by atoms with Crippen LogP contribution in [0, 0.1) is 0 Å². The molecule has 2 aliphatic rings. The maximum atomic E-state index is 12.9. The first-order valence-electron chi connectivity index (χ1n) is 8.27. The van der Waals surface area contributed by atoms with Crippen LogP contribution in [0.2, 0.25) is 0 Å². The minimum atomic E-state index is -0.937. The highest BCUT2D eigenvalue weighted by Gasteiger charge is 2.45. The van der Waals surface area contributed by atoms with Crippen LogP contribution >= 0.6 is 0 Å². The molecule has 0 radical (unpaired) electrons. The molecule has 4 amide bonds. The summed E-state index contributed by atoms with van der Waals surface area (Å²) in [4.78, 5) is 50.0. The number of nitrogens with one attached hydrogen (secondary N) is 2. The van der Waals surface area contributed by atoms with Gasteiger partial charge in [0.1, 0.15) is 6.04 Å². The van der Waals surface area contributed by atoms with Crippen molar-refractivity contribution in [3.63, 3.8) is 0 Å². The van der Waals surface area contributed by atoms with E-state index in [0.29, 0.717) is 17.7 Å². The maximum Gasteiger partial charge on any atom is 0.262 e. The van der Waals surface area contributed by atoms with Crippen LogP contribution in [0.15, 0.2) is 18.2 Å². The number of carbonyl (C=O) groups excluding carboxylic acids is 4. The number of carbonyl (C=O) groups is 4. The summed E-state index contributed by atoms with van der Waals surface area (Å²) < 4.78 is 0. The van der Waals surface area contributed by atoms with Crippen LogP contribution in [0.1, 0.15) is 59.9 Å². The average molecular weight is 343 g/mol. The quantitative estimate of drug-likeness (QED) is 0.798. The molecule has 0 saturated carbocycles. The molecular weight excluding hydrogens is 322 g/mol. The molecule has 0 bridgehead atoms. The van der Waals surface area contributed by atoms with Gasteiger partial charge >= 0.3 is 0 Å². The molecule has 1 fully saturated rings. The van der Waals surface area contributed by atoms with Crippen LogP contribution in [0.3, 0.4) is 0 Å². The Labute approximate surface area is 145 Å². The van der Waals surface area contributed by atoms with Crippen LogP contribution in [0.4, 0.5) is 0 Å². The van der Waals surface area contributed by atoms with Crippen molar-refractivity contribution >= 4 is 23.6 Å². The Hall–Kier alpha value is -2.54. The Bertz CT molecular complexity index is 779. The molecule has 7 heteroatoms. The Balaban J connectivity index is 1.91. The highest BCUT2D eigenvalue weighted by Crippen LogP contribution is 2.30. The second kappa shape index (κ2) is 6.07. The van der Waals surface area contributed by atoms with Gasteiger partial charge in [-0.3, -0.25) is 29.4 Å². The summed E-state index contributed by atoms with van der Waals surface area (Å²) in [7, 11) is 0. The second-order valence-electron chi connectivity index (χ2n) is 7.39. The van der Waals surface area contributed by atoms with E-state index in [0.717, 1.165) is 10.5 Å². The second-order valence-corrected chi connectivity index (χ2v) is 7.39. The number of hydrogen-bond donors (Lipinski definition) is 2. The van der Waals surface area contributed by atoms with Crippen LogP contribution < -0.4 is 10.6 Å². The fourth-order valence-electron chi connectivity index (χ4n) is 3.09. The maximum absolute atomic E-state index is 12.9. The minimum absolute atomic E-state index is 0.113. The van der Waals surface area contributed by atoms with E-state index in [9.17, 15) is 19.2 Å². The molecule has 0 spiro atoms. The van der Waals surface area contributed by atoms with Gasteiger partial charge in [-0.15, -0.1) is 0 Å². The molecule has 7 nitrogen and oxygen atoms in total. The third-order valence-electron chi connectivity index (χ3n) is 4.36. The standard InChI is InChI=1S/C18H21N3O4/c1-18(2,3)19-9-10-5-4-6-11-14(10)17(25)21(16(11)24)12-7-8-13(22)20-15(12)23/h4-6,12,19H,7-9H2,1-3H3,(H,20,22,23). The summed E-state index contributed by atoms with van der Waals surface area (Å²) in [6.07, 6.45) is 0.272. The van der Waals surface area contributed by atoms with E-state index in [4.69, 9.17) is 0 Å². The van der Waals surface area contributed by atoms with Gasteiger partial charge in [0.2, 0.25) is 11.8 Å². The minimum Gasteiger partial charge on any atom is -0.308 e. The molecule has 1 aromatic rings. The largest absolute Gasteiger partial charge is 0.308 e. The third-order valence-corrected chi connectivity index (χ3v) is 4.36. The Morgan fingerprint density at radius 3 is 2.52 bits per heavy atom. The molecule has 1 atom stereocenters. The van der Waals surface area contributed by atoms with Gasteiger partial charge in [0.25, 0.3) is 11.8 Å². The summed E-state index contributed by atoms with van der Waals surface area (Å²) >= 11 is 0. The Kier molecular flexibility index (Phi) is 4.20. The van der Waals surface area contributed by atoms with Crippen LogP contribution in [0.25, 0.3) is 0 Å². The van der Waals surface area contributed by atoms with Crippen LogP contribution in [0.5, 0.6) is 0 Å². The summed E-state index contributed by atoms with van der Waals surface area (Å²) in [5, 5.41) is 5.50. The van der Waals surface area contributed by atoms with Gasteiger partial charge < -0.3 is 5.32 Å². The molecule has 0 aromatic heterocycles. The van der Waals surface area contributed by atoms with Crippen molar-refractivity contribution in [2.75, 3.05) is 0 Å². The van der Waals surface area contributed by atoms with Crippen molar-refractivity contribution in [2.45, 2.75) is 51.7 Å².